The van der Waals surface area contributed by atoms with Gasteiger partial charge < -0.3 is 19.7 Å². The van der Waals surface area contributed by atoms with Crippen LogP contribution in [-0.2, 0) is 0 Å². The molecule has 32 heavy (non-hydrogen) atoms. The van der Waals surface area contributed by atoms with Crippen molar-refractivity contribution in [3.8, 4) is 11.5 Å². The number of hydrogen-bond donors (Lipinski definition) is 1. The van der Waals surface area contributed by atoms with E-state index in [1.54, 1.807) is 31.0 Å². The number of para-hydroxylation sites is 2. The summed E-state index contributed by atoms with van der Waals surface area (Å²) >= 11 is 0. The van der Waals surface area contributed by atoms with E-state index >= 15 is 0 Å². The van der Waals surface area contributed by atoms with Crippen molar-refractivity contribution in [1.29, 1.82) is 0 Å². The first kappa shape index (κ1) is 22.0. The molecule has 1 aromatic carbocycles. The summed E-state index contributed by atoms with van der Waals surface area (Å²) in [6.45, 7) is 5.76. The monoisotopic (exact) mass is 437 g/mol. The normalized spacial score (nSPS) is 14.5. The van der Waals surface area contributed by atoms with Crippen molar-refractivity contribution < 1.29 is 14.3 Å². The molecule has 1 amide bonds. The number of fused-ring (bicyclic) bond motifs is 1. The van der Waals surface area contributed by atoms with Gasteiger partial charge in [0, 0.05) is 45.0 Å². The third-order valence-corrected chi connectivity index (χ3v) is 5.89. The summed E-state index contributed by atoms with van der Waals surface area (Å²) in [5.74, 6) is 1.53. The van der Waals surface area contributed by atoms with Gasteiger partial charge in [0.25, 0.3) is 5.91 Å². The van der Waals surface area contributed by atoms with Crippen molar-refractivity contribution in [2.24, 2.45) is 0 Å². The van der Waals surface area contributed by atoms with Gasteiger partial charge in [0.15, 0.2) is 5.69 Å². The van der Waals surface area contributed by atoms with Gasteiger partial charge in [-0.1, -0.05) is 12.1 Å². The number of aromatic nitrogens is 2. The SMILES string of the molecule is COc1ccn2nc(C(=O)NCCCCN3CCN(c4ccccc4OC)CC3)cc2c1. The number of methoxy groups -OCH3 is 2. The van der Waals surface area contributed by atoms with Crippen LogP contribution in [0.4, 0.5) is 5.69 Å². The Bertz CT molecular complexity index is 1040. The van der Waals surface area contributed by atoms with Crippen molar-refractivity contribution in [2.45, 2.75) is 12.8 Å². The van der Waals surface area contributed by atoms with Crippen LogP contribution in [0.1, 0.15) is 23.3 Å². The Kier molecular flexibility index (Phi) is 7.11. The zero-order valence-corrected chi connectivity index (χ0v) is 18.8. The van der Waals surface area contributed by atoms with E-state index in [1.165, 1.54) is 5.69 Å². The first-order valence-corrected chi connectivity index (χ1v) is 11.1. The first-order valence-electron chi connectivity index (χ1n) is 11.1. The highest BCUT2D eigenvalue weighted by atomic mass is 16.5. The molecule has 3 heterocycles. The second-order valence-electron chi connectivity index (χ2n) is 7.93. The average Bonchev–Trinajstić information content (AvgIpc) is 3.27. The Labute approximate surface area is 188 Å². The fourth-order valence-electron chi connectivity index (χ4n) is 4.07. The van der Waals surface area contributed by atoms with Crippen LogP contribution < -0.4 is 19.7 Å². The van der Waals surface area contributed by atoms with E-state index in [0.717, 1.165) is 62.6 Å². The van der Waals surface area contributed by atoms with Gasteiger partial charge in [0.05, 0.1) is 25.4 Å². The molecule has 170 valence electrons. The van der Waals surface area contributed by atoms with Crippen LogP contribution >= 0.6 is 0 Å². The zero-order chi connectivity index (χ0) is 22.3. The number of pyridine rings is 1. The van der Waals surface area contributed by atoms with Crippen molar-refractivity contribution in [2.75, 3.05) is 58.4 Å². The molecular weight excluding hydrogens is 406 g/mol. The molecule has 0 atom stereocenters. The molecule has 0 spiro atoms. The van der Waals surface area contributed by atoms with Crippen molar-refractivity contribution in [3.63, 3.8) is 0 Å². The maximum absolute atomic E-state index is 12.4. The van der Waals surface area contributed by atoms with E-state index in [1.807, 2.05) is 24.3 Å². The lowest BCUT2D eigenvalue weighted by atomic mass is 10.2. The second-order valence-corrected chi connectivity index (χ2v) is 7.93. The van der Waals surface area contributed by atoms with Crippen LogP contribution in [0, 0.1) is 0 Å². The molecule has 8 nitrogen and oxygen atoms in total. The van der Waals surface area contributed by atoms with E-state index in [4.69, 9.17) is 9.47 Å². The van der Waals surface area contributed by atoms with Crippen molar-refractivity contribution in [1.82, 2.24) is 19.8 Å². The van der Waals surface area contributed by atoms with Crippen LogP contribution in [0.3, 0.4) is 0 Å². The standard InChI is InChI=1S/C24H31N5O3/c1-31-20-9-12-29-19(17-20)18-21(26-29)24(30)25-10-5-6-11-27-13-15-28(16-14-27)22-7-3-4-8-23(22)32-2/h3-4,7-9,12,17-18H,5-6,10-11,13-16H2,1-2H3,(H,25,30). The number of unbranched alkanes of at least 4 members (excludes halogenated alkanes) is 1. The molecular formula is C24H31N5O3. The van der Waals surface area contributed by atoms with Crippen LogP contribution in [0.25, 0.3) is 5.52 Å². The van der Waals surface area contributed by atoms with E-state index in [9.17, 15) is 4.79 Å². The molecule has 0 bridgehead atoms. The molecule has 3 aromatic rings. The van der Waals surface area contributed by atoms with Gasteiger partial charge in [-0.15, -0.1) is 0 Å². The lowest BCUT2D eigenvalue weighted by Crippen LogP contribution is -2.46. The predicted molar refractivity (Wildman–Crippen MR) is 125 cm³/mol. The largest absolute Gasteiger partial charge is 0.497 e. The summed E-state index contributed by atoms with van der Waals surface area (Å²) in [7, 11) is 3.34. The number of benzene rings is 1. The molecule has 2 aromatic heterocycles. The predicted octanol–water partition coefficient (Wildman–Crippen LogP) is 2.68. The lowest BCUT2D eigenvalue weighted by molar-refractivity contribution is 0.0947. The van der Waals surface area contributed by atoms with Crippen LogP contribution in [0.5, 0.6) is 11.5 Å². The molecule has 0 radical (unpaired) electrons. The molecule has 1 aliphatic heterocycles. The second kappa shape index (κ2) is 10.4. The Balaban J connectivity index is 1.16. The Morgan fingerprint density at radius 2 is 1.84 bits per heavy atom. The third kappa shape index (κ3) is 5.13. The first-order chi connectivity index (χ1) is 15.7. The number of nitrogens with zero attached hydrogens (tertiary/aromatic N) is 4. The summed E-state index contributed by atoms with van der Waals surface area (Å²) in [5.41, 5.74) is 2.43. The average molecular weight is 438 g/mol. The zero-order valence-electron chi connectivity index (χ0n) is 18.8. The number of anilines is 1. The summed E-state index contributed by atoms with van der Waals surface area (Å²) in [6.07, 6.45) is 3.79. The minimum atomic E-state index is -0.141. The number of carbonyl (C=O) groups excluding carboxylic acids is 1. The van der Waals surface area contributed by atoms with Gasteiger partial charge in [-0.3, -0.25) is 9.69 Å². The van der Waals surface area contributed by atoms with Crippen LogP contribution in [0.15, 0.2) is 48.7 Å². The van der Waals surface area contributed by atoms with E-state index in [0.29, 0.717) is 12.2 Å². The maximum Gasteiger partial charge on any atom is 0.271 e. The summed E-state index contributed by atoms with van der Waals surface area (Å²) in [4.78, 5) is 17.3. The van der Waals surface area contributed by atoms with E-state index in [-0.39, 0.29) is 5.91 Å². The highest BCUT2D eigenvalue weighted by molar-refractivity contribution is 5.93. The number of piperazine rings is 1. The maximum atomic E-state index is 12.4. The van der Waals surface area contributed by atoms with Gasteiger partial charge in [-0.2, -0.15) is 5.10 Å². The smallest absolute Gasteiger partial charge is 0.271 e. The minimum absolute atomic E-state index is 0.141. The fraction of sp³-hybridized carbons (Fsp3) is 0.417. The van der Waals surface area contributed by atoms with Gasteiger partial charge in [-0.05, 0) is 43.7 Å². The lowest BCUT2D eigenvalue weighted by Gasteiger charge is -2.36. The Hall–Kier alpha value is -3.26. The Morgan fingerprint density at radius 3 is 2.62 bits per heavy atom. The molecule has 0 unspecified atom stereocenters. The van der Waals surface area contributed by atoms with Crippen molar-refractivity contribution >= 4 is 17.1 Å². The summed E-state index contributed by atoms with van der Waals surface area (Å²) in [6, 6.07) is 13.6. The number of hydrogen-bond acceptors (Lipinski definition) is 6. The molecule has 1 fully saturated rings. The van der Waals surface area contributed by atoms with E-state index in [2.05, 4.69) is 32.3 Å². The van der Waals surface area contributed by atoms with Gasteiger partial charge >= 0.3 is 0 Å². The number of carbonyl (C=O) groups is 1. The molecule has 0 saturated carbocycles. The molecule has 1 saturated heterocycles. The highest BCUT2D eigenvalue weighted by Crippen LogP contribution is 2.28. The summed E-state index contributed by atoms with van der Waals surface area (Å²) < 4.78 is 12.4. The highest BCUT2D eigenvalue weighted by Gasteiger charge is 2.19. The minimum Gasteiger partial charge on any atom is -0.497 e. The number of ether oxygens (including phenoxy) is 2. The van der Waals surface area contributed by atoms with Gasteiger partial charge in [-0.25, -0.2) is 4.52 Å². The Morgan fingerprint density at radius 1 is 1.03 bits per heavy atom. The van der Waals surface area contributed by atoms with Gasteiger partial charge in [0.1, 0.15) is 11.5 Å². The number of nitrogens with one attached hydrogen (secondary N) is 1. The molecule has 8 heteroatoms. The topological polar surface area (TPSA) is 71.3 Å². The van der Waals surface area contributed by atoms with Gasteiger partial charge in [0.2, 0.25) is 0 Å². The van der Waals surface area contributed by atoms with Crippen LogP contribution in [-0.4, -0.2) is 73.9 Å². The quantitative estimate of drug-likeness (QED) is 0.519. The molecule has 4 rings (SSSR count). The molecule has 1 N–H and O–H groups in total. The fourth-order valence-corrected chi connectivity index (χ4v) is 4.07. The third-order valence-electron chi connectivity index (χ3n) is 5.89. The number of amides is 1. The summed E-state index contributed by atoms with van der Waals surface area (Å²) in [5, 5.41) is 7.31. The van der Waals surface area contributed by atoms with E-state index < -0.39 is 0 Å². The van der Waals surface area contributed by atoms with Crippen LogP contribution in [0.2, 0.25) is 0 Å². The molecule has 0 aliphatic carbocycles. The molecule has 1 aliphatic rings. The number of rotatable bonds is 9. The van der Waals surface area contributed by atoms with Crippen molar-refractivity contribution in [3.05, 3.63) is 54.4 Å².